The molecule has 0 bridgehead atoms. The van der Waals surface area contributed by atoms with E-state index in [4.69, 9.17) is 0 Å². The van der Waals surface area contributed by atoms with Crippen LogP contribution in [0.5, 0.6) is 0 Å². The number of imidazole rings is 1. The molecule has 0 saturated carbocycles. The minimum absolute atomic E-state index is 0.125. The molecule has 1 amide bonds. The van der Waals surface area contributed by atoms with E-state index in [2.05, 4.69) is 15.3 Å². The standard InChI is InChI=1S/C15H15N5O3S/c1-19-13-12(14(22)20(2)15(19)23)17-10(18-13)8-16-11(21)6-5-9-4-3-7-24-9/h3-7H,8H2,1-2H3,(H,16,21)(H,17,18)/b6-5+. The normalized spacial score (nSPS) is 11.4. The number of hydrogen-bond acceptors (Lipinski definition) is 5. The minimum Gasteiger partial charge on any atom is -0.345 e. The van der Waals surface area contributed by atoms with E-state index in [1.54, 1.807) is 6.08 Å². The van der Waals surface area contributed by atoms with E-state index in [0.717, 1.165) is 9.44 Å². The maximum atomic E-state index is 12.1. The maximum absolute atomic E-state index is 12.1. The Hall–Kier alpha value is -2.94. The number of carbonyl (C=O) groups excluding carboxylic acids is 1. The second kappa shape index (κ2) is 6.28. The molecule has 124 valence electrons. The van der Waals surface area contributed by atoms with Crippen molar-refractivity contribution < 1.29 is 4.79 Å². The van der Waals surface area contributed by atoms with Crippen molar-refractivity contribution in [2.45, 2.75) is 6.54 Å². The Labute approximate surface area is 140 Å². The average molecular weight is 345 g/mol. The number of nitrogens with zero attached hydrogens (tertiary/aromatic N) is 3. The number of aromatic amines is 1. The van der Waals surface area contributed by atoms with Crippen molar-refractivity contribution in [1.29, 1.82) is 0 Å². The number of hydrogen-bond donors (Lipinski definition) is 2. The smallest absolute Gasteiger partial charge is 0.332 e. The van der Waals surface area contributed by atoms with Crippen molar-refractivity contribution in [3.05, 3.63) is 55.1 Å². The van der Waals surface area contributed by atoms with Crippen LogP contribution in [-0.4, -0.2) is 25.0 Å². The van der Waals surface area contributed by atoms with Crippen molar-refractivity contribution in [1.82, 2.24) is 24.4 Å². The largest absolute Gasteiger partial charge is 0.345 e. The second-order valence-corrected chi connectivity index (χ2v) is 6.13. The summed E-state index contributed by atoms with van der Waals surface area (Å²) >= 11 is 1.53. The van der Waals surface area contributed by atoms with E-state index in [-0.39, 0.29) is 23.6 Å². The number of aryl methyl sites for hydroxylation is 1. The van der Waals surface area contributed by atoms with Crippen LogP contribution in [0.1, 0.15) is 10.7 Å². The molecule has 3 aromatic heterocycles. The molecule has 3 rings (SSSR count). The Kier molecular flexibility index (Phi) is 4.17. The van der Waals surface area contributed by atoms with Crippen LogP contribution >= 0.6 is 11.3 Å². The van der Waals surface area contributed by atoms with E-state index in [1.807, 2.05) is 17.5 Å². The molecule has 0 unspecified atom stereocenters. The van der Waals surface area contributed by atoms with Crippen LogP contribution in [0.3, 0.4) is 0 Å². The van der Waals surface area contributed by atoms with Gasteiger partial charge < -0.3 is 10.3 Å². The van der Waals surface area contributed by atoms with Crippen molar-refractivity contribution in [3.63, 3.8) is 0 Å². The molecule has 3 aromatic rings. The zero-order valence-electron chi connectivity index (χ0n) is 13.1. The lowest BCUT2D eigenvalue weighted by molar-refractivity contribution is -0.116. The fourth-order valence-corrected chi connectivity index (χ4v) is 2.85. The second-order valence-electron chi connectivity index (χ2n) is 5.15. The molecule has 0 aliphatic heterocycles. The lowest BCUT2D eigenvalue weighted by atomic mass is 10.4. The summed E-state index contributed by atoms with van der Waals surface area (Å²) in [5, 5.41) is 4.61. The van der Waals surface area contributed by atoms with Crippen LogP contribution in [0, 0.1) is 0 Å². The molecule has 0 saturated heterocycles. The Balaban J connectivity index is 1.78. The van der Waals surface area contributed by atoms with Crippen LogP contribution in [0.2, 0.25) is 0 Å². The molecule has 0 radical (unpaired) electrons. The van der Waals surface area contributed by atoms with Gasteiger partial charge in [-0.25, -0.2) is 9.78 Å². The summed E-state index contributed by atoms with van der Waals surface area (Å²) in [6.07, 6.45) is 3.15. The van der Waals surface area contributed by atoms with Crippen molar-refractivity contribution in [3.8, 4) is 0 Å². The van der Waals surface area contributed by atoms with Crippen molar-refractivity contribution in [2.75, 3.05) is 0 Å². The van der Waals surface area contributed by atoms with E-state index < -0.39 is 11.2 Å². The fourth-order valence-electron chi connectivity index (χ4n) is 2.23. The number of H-pyrrole nitrogens is 1. The summed E-state index contributed by atoms with van der Waals surface area (Å²) in [6.45, 7) is 0.125. The van der Waals surface area contributed by atoms with Crippen LogP contribution in [0.25, 0.3) is 17.2 Å². The molecule has 0 aliphatic rings. The Bertz CT molecular complexity index is 1040. The van der Waals surface area contributed by atoms with Gasteiger partial charge in [-0.3, -0.25) is 18.7 Å². The van der Waals surface area contributed by atoms with Crippen molar-refractivity contribution in [2.24, 2.45) is 14.1 Å². The highest BCUT2D eigenvalue weighted by Gasteiger charge is 2.13. The lowest BCUT2D eigenvalue weighted by Gasteiger charge is -2.00. The van der Waals surface area contributed by atoms with Gasteiger partial charge in [-0.05, 0) is 17.5 Å². The van der Waals surface area contributed by atoms with Gasteiger partial charge >= 0.3 is 5.69 Å². The van der Waals surface area contributed by atoms with Gasteiger partial charge in [0, 0.05) is 25.0 Å². The van der Waals surface area contributed by atoms with Gasteiger partial charge in [-0.15, -0.1) is 11.3 Å². The van der Waals surface area contributed by atoms with Gasteiger partial charge in [0.25, 0.3) is 5.56 Å². The lowest BCUT2D eigenvalue weighted by Crippen LogP contribution is -2.36. The summed E-state index contributed by atoms with van der Waals surface area (Å²) in [6, 6.07) is 3.81. The zero-order chi connectivity index (χ0) is 17.3. The zero-order valence-corrected chi connectivity index (χ0v) is 13.9. The molecule has 0 spiro atoms. The first kappa shape index (κ1) is 15.9. The predicted molar refractivity (Wildman–Crippen MR) is 91.8 cm³/mol. The van der Waals surface area contributed by atoms with Crippen LogP contribution in [0.15, 0.2) is 33.2 Å². The number of aromatic nitrogens is 4. The van der Waals surface area contributed by atoms with E-state index >= 15 is 0 Å². The summed E-state index contributed by atoms with van der Waals surface area (Å²) in [4.78, 5) is 43.8. The monoisotopic (exact) mass is 345 g/mol. The minimum atomic E-state index is -0.450. The summed E-state index contributed by atoms with van der Waals surface area (Å²) in [7, 11) is 2.94. The first-order valence-electron chi connectivity index (χ1n) is 7.11. The van der Waals surface area contributed by atoms with Crippen LogP contribution in [-0.2, 0) is 25.4 Å². The van der Waals surface area contributed by atoms with E-state index in [1.165, 1.54) is 36.1 Å². The summed E-state index contributed by atoms with van der Waals surface area (Å²) in [5.41, 5.74) is -0.399. The highest BCUT2D eigenvalue weighted by molar-refractivity contribution is 7.10. The number of thiophene rings is 1. The molecule has 8 nitrogen and oxygen atoms in total. The first-order chi connectivity index (χ1) is 11.5. The molecular weight excluding hydrogens is 330 g/mol. The molecule has 0 aliphatic carbocycles. The molecular formula is C15H15N5O3S. The van der Waals surface area contributed by atoms with Gasteiger partial charge in [0.15, 0.2) is 5.65 Å². The highest BCUT2D eigenvalue weighted by Crippen LogP contribution is 2.10. The quantitative estimate of drug-likeness (QED) is 0.666. The van der Waals surface area contributed by atoms with Gasteiger partial charge in [-0.1, -0.05) is 6.07 Å². The maximum Gasteiger partial charge on any atom is 0.332 e. The topological polar surface area (TPSA) is 102 Å². The molecule has 2 N–H and O–H groups in total. The average Bonchev–Trinajstić information content (AvgIpc) is 3.23. The number of carbonyl (C=O) groups is 1. The molecule has 0 atom stereocenters. The molecule has 0 aromatic carbocycles. The van der Waals surface area contributed by atoms with E-state index in [9.17, 15) is 14.4 Å². The van der Waals surface area contributed by atoms with Gasteiger partial charge in [0.05, 0.1) is 6.54 Å². The number of nitrogens with one attached hydrogen (secondary N) is 2. The fraction of sp³-hybridized carbons (Fsp3) is 0.200. The third-order valence-electron chi connectivity index (χ3n) is 3.52. The van der Waals surface area contributed by atoms with E-state index in [0.29, 0.717) is 5.82 Å². The Morgan fingerprint density at radius 3 is 2.88 bits per heavy atom. The molecule has 3 heterocycles. The first-order valence-corrected chi connectivity index (χ1v) is 7.99. The molecule has 0 fully saturated rings. The molecule has 24 heavy (non-hydrogen) atoms. The molecule has 9 heteroatoms. The highest BCUT2D eigenvalue weighted by atomic mass is 32.1. The third kappa shape index (κ3) is 2.93. The third-order valence-corrected chi connectivity index (χ3v) is 4.35. The van der Waals surface area contributed by atoms with Gasteiger partial charge in [0.2, 0.25) is 5.91 Å². The summed E-state index contributed by atoms with van der Waals surface area (Å²) in [5.74, 6) is 0.131. The number of fused-ring (bicyclic) bond motifs is 1. The number of amides is 1. The van der Waals surface area contributed by atoms with Crippen LogP contribution in [0.4, 0.5) is 0 Å². The summed E-state index contributed by atoms with van der Waals surface area (Å²) < 4.78 is 2.29. The van der Waals surface area contributed by atoms with Gasteiger partial charge in [0.1, 0.15) is 11.3 Å². The van der Waals surface area contributed by atoms with Crippen molar-refractivity contribution >= 4 is 34.5 Å². The Morgan fingerprint density at radius 1 is 1.38 bits per heavy atom. The predicted octanol–water partition coefficient (Wildman–Crippen LogP) is 0.351. The van der Waals surface area contributed by atoms with Gasteiger partial charge in [-0.2, -0.15) is 0 Å². The van der Waals surface area contributed by atoms with Crippen LogP contribution < -0.4 is 16.6 Å². The SMILES string of the molecule is Cn1c(=O)c2[nH]c(CNC(=O)/C=C/c3cccs3)nc2n(C)c1=O. The Morgan fingerprint density at radius 2 is 2.17 bits per heavy atom. The number of rotatable bonds is 4.